The molecule has 18 heavy (non-hydrogen) atoms. The van der Waals surface area contributed by atoms with Gasteiger partial charge in [0.05, 0.1) is 7.11 Å². The number of ether oxygens (including phenoxy) is 1. The van der Waals surface area contributed by atoms with Crippen LogP contribution in [0.2, 0.25) is 0 Å². The Labute approximate surface area is 110 Å². The van der Waals surface area contributed by atoms with E-state index >= 15 is 0 Å². The maximum atomic E-state index is 11.4. The molecule has 1 rings (SSSR count). The standard InChI is InChI=1S/C12H15ClN2O3/c1-18-10-4-2-9(3-5-10)8-15-12(17)11(16)14-7-6-13/h2-5H,6-8H2,1H3,(H,14,16)(H,15,17). The highest BCUT2D eigenvalue weighted by Gasteiger charge is 2.11. The van der Waals surface area contributed by atoms with Crippen molar-refractivity contribution in [3.8, 4) is 5.75 Å². The summed E-state index contributed by atoms with van der Waals surface area (Å²) < 4.78 is 5.01. The number of halogens is 1. The molecule has 98 valence electrons. The molecule has 5 nitrogen and oxygen atoms in total. The first kappa shape index (κ1) is 14.3. The van der Waals surface area contributed by atoms with Crippen LogP contribution in [0.5, 0.6) is 5.75 Å². The van der Waals surface area contributed by atoms with Gasteiger partial charge in [-0.25, -0.2) is 0 Å². The summed E-state index contributed by atoms with van der Waals surface area (Å²) in [4.78, 5) is 22.6. The first-order valence-corrected chi connectivity index (χ1v) is 5.95. The molecular weight excluding hydrogens is 256 g/mol. The highest BCUT2D eigenvalue weighted by molar-refractivity contribution is 6.35. The maximum Gasteiger partial charge on any atom is 0.309 e. The smallest absolute Gasteiger partial charge is 0.309 e. The molecule has 2 amide bonds. The lowest BCUT2D eigenvalue weighted by molar-refractivity contribution is -0.139. The van der Waals surface area contributed by atoms with E-state index in [1.807, 2.05) is 12.1 Å². The number of carbonyl (C=O) groups is 2. The van der Waals surface area contributed by atoms with Gasteiger partial charge in [-0.05, 0) is 17.7 Å². The normalized spacial score (nSPS) is 9.67. The number of amides is 2. The Bertz CT molecular complexity index is 406. The van der Waals surface area contributed by atoms with Gasteiger partial charge < -0.3 is 15.4 Å². The fourth-order valence-electron chi connectivity index (χ4n) is 1.25. The molecular formula is C12H15ClN2O3. The van der Waals surface area contributed by atoms with Crippen LogP contribution < -0.4 is 15.4 Å². The third-order valence-corrected chi connectivity index (χ3v) is 2.39. The van der Waals surface area contributed by atoms with Crippen molar-refractivity contribution in [1.29, 1.82) is 0 Å². The van der Waals surface area contributed by atoms with E-state index in [2.05, 4.69) is 10.6 Å². The van der Waals surface area contributed by atoms with Crippen molar-refractivity contribution >= 4 is 23.4 Å². The molecule has 0 bridgehead atoms. The molecule has 1 aromatic rings. The van der Waals surface area contributed by atoms with Gasteiger partial charge in [0.15, 0.2) is 0 Å². The second-order valence-corrected chi connectivity index (χ2v) is 3.85. The summed E-state index contributed by atoms with van der Waals surface area (Å²) in [5.74, 6) is -0.331. The molecule has 0 saturated heterocycles. The Balaban J connectivity index is 2.39. The second kappa shape index (κ2) is 7.55. The quantitative estimate of drug-likeness (QED) is 0.610. The first-order chi connectivity index (χ1) is 8.67. The van der Waals surface area contributed by atoms with Crippen molar-refractivity contribution in [2.45, 2.75) is 6.54 Å². The number of nitrogens with one attached hydrogen (secondary N) is 2. The van der Waals surface area contributed by atoms with E-state index in [9.17, 15) is 9.59 Å². The topological polar surface area (TPSA) is 67.4 Å². The Hall–Kier alpha value is -1.75. The molecule has 0 atom stereocenters. The Morgan fingerprint density at radius 1 is 1.17 bits per heavy atom. The van der Waals surface area contributed by atoms with Gasteiger partial charge in [0.25, 0.3) is 0 Å². The van der Waals surface area contributed by atoms with Crippen molar-refractivity contribution in [2.24, 2.45) is 0 Å². The van der Waals surface area contributed by atoms with Gasteiger partial charge in [-0.2, -0.15) is 0 Å². The zero-order valence-corrected chi connectivity index (χ0v) is 10.8. The third-order valence-electron chi connectivity index (χ3n) is 2.20. The van der Waals surface area contributed by atoms with E-state index < -0.39 is 11.8 Å². The molecule has 0 aliphatic carbocycles. The van der Waals surface area contributed by atoms with E-state index in [0.717, 1.165) is 11.3 Å². The summed E-state index contributed by atoms with van der Waals surface area (Å²) in [6.45, 7) is 0.563. The molecule has 0 fully saturated rings. The number of rotatable bonds is 5. The van der Waals surface area contributed by atoms with Crippen molar-refractivity contribution in [3.63, 3.8) is 0 Å². The Kier molecular flexibility index (Phi) is 6.00. The molecule has 0 saturated carbocycles. The second-order valence-electron chi connectivity index (χ2n) is 3.48. The van der Waals surface area contributed by atoms with Crippen LogP contribution in [0, 0.1) is 0 Å². The summed E-state index contributed by atoms with van der Waals surface area (Å²) in [7, 11) is 1.58. The molecule has 0 aliphatic heterocycles. The van der Waals surface area contributed by atoms with Crippen molar-refractivity contribution in [3.05, 3.63) is 29.8 Å². The molecule has 0 aromatic heterocycles. The Morgan fingerprint density at radius 3 is 2.33 bits per heavy atom. The van der Waals surface area contributed by atoms with Gasteiger partial charge >= 0.3 is 11.8 Å². The van der Waals surface area contributed by atoms with Crippen LogP contribution in [0.4, 0.5) is 0 Å². The molecule has 2 N–H and O–H groups in total. The van der Waals surface area contributed by atoms with Crippen molar-refractivity contribution < 1.29 is 14.3 Å². The van der Waals surface area contributed by atoms with E-state index in [0.29, 0.717) is 0 Å². The summed E-state index contributed by atoms with van der Waals surface area (Å²) in [5.41, 5.74) is 0.884. The number of methoxy groups -OCH3 is 1. The number of benzene rings is 1. The van der Waals surface area contributed by atoms with Gasteiger partial charge in [-0.15, -0.1) is 11.6 Å². The van der Waals surface area contributed by atoms with E-state index in [1.165, 1.54) is 0 Å². The molecule has 0 aliphatic rings. The predicted octanol–water partition coefficient (Wildman–Crippen LogP) is 0.666. The van der Waals surface area contributed by atoms with Crippen molar-refractivity contribution in [2.75, 3.05) is 19.5 Å². The van der Waals surface area contributed by atoms with E-state index in [1.54, 1.807) is 19.2 Å². The van der Waals surface area contributed by atoms with E-state index in [4.69, 9.17) is 16.3 Å². The maximum absolute atomic E-state index is 11.4. The van der Waals surface area contributed by atoms with Crippen LogP contribution in [0.1, 0.15) is 5.56 Å². The fraction of sp³-hybridized carbons (Fsp3) is 0.333. The Morgan fingerprint density at radius 2 is 1.78 bits per heavy atom. The summed E-state index contributed by atoms with van der Waals surface area (Å²) in [6.07, 6.45) is 0. The minimum Gasteiger partial charge on any atom is -0.497 e. The van der Waals surface area contributed by atoms with Gasteiger partial charge in [0, 0.05) is 19.0 Å². The molecule has 0 spiro atoms. The van der Waals surface area contributed by atoms with Crippen LogP contribution in [-0.4, -0.2) is 31.3 Å². The van der Waals surface area contributed by atoms with Crippen LogP contribution >= 0.6 is 11.6 Å². The lowest BCUT2D eigenvalue weighted by Crippen LogP contribution is -2.40. The lowest BCUT2D eigenvalue weighted by atomic mass is 10.2. The summed E-state index contributed by atoms with van der Waals surface area (Å²) in [6, 6.07) is 7.20. The highest BCUT2D eigenvalue weighted by Crippen LogP contribution is 2.10. The van der Waals surface area contributed by atoms with Gasteiger partial charge in [-0.3, -0.25) is 9.59 Å². The average molecular weight is 271 g/mol. The first-order valence-electron chi connectivity index (χ1n) is 5.42. The monoisotopic (exact) mass is 270 g/mol. The van der Waals surface area contributed by atoms with Gasteiger partial charge in [0.1, 0.15) is 5.75 Å². The zero-order chi connectivity index (χ0) is 13.4. The summed E-state index contributed by atoms with van der Waals surface area (Å²) in [5, 5.41) is 4.89. The van der Waals surface area contributed by atoms with Crippen molar-refractivity contribution in [1.82, 2.24) is 10.6 Å². The van der Waals surface area contributed by atoms with Crippen LogP contribution in [0.15, 0.2) is 24.3 Å². The number of carbonyl (C=O) groups excluding carboxylic acids is 2. The number of alkyl halides is 1. The third kappa shape index (κ3) is 4.63. The molecule has 0 unspecified atom stereocenters. The SMILES string of the molecule is COc1ccc(CNC(=O)C(=O)NCCCl)cc1. The minimum absolute atomic E-state index is 0.274. The minimum atomic E-state index is -0.677. The zero-order valence-electron chi connectivity index (χ0n) is 10.0. The van der Waals surface area contributed by atoms with Gasteiger partial charge in [0.2, 0.25) is 0 Å². The molecule has 0 radical (unpaired) electrons. The van der Waals surface area contributed by atoms with Crippen LogP contribution in [-0.2, 0) is 16.1 Å². The lowest BCUT2D eigenvalue weighted by Gasteiger charge is -2.06. The number of hydrogen-bond acceptors (Lipinski definition) is 3. The van der Waals surface area contributed by atoms with Gasteiger partial charge in [-0.1, -0.05) is 12.1 Å². The predicted molar refractivity (Wildman–Crippen MR) is 68.6 cm³/mol. The molecule has 6 heteroatoms. The van der Waals surface area contributed by atoms with Crippen LogP contribution in [0.25, 0.3) is 0 Å². The largest absolute Gasteiger partial charge is 0.497 e. The summed E-state index contributed by atoms with van der Waals surface area (Å²) >= 11 is 5.39. The van der Waals surface area contributed by atoms with Crippen LogP contribution in [0.3, 0.4) is 0 Å². The fourth-order valence-corrected chi connectivity index (χ4v) is 1.34. The molecule has 1 aromatic carbocycles. The average Bonchev–Trinajstić information content (AvgIpc) is 2.42. The molecule has 0 heterocycles. The highest BCUT2D eigenvalue weighted by atomic mass is 35.5. The number of hydrogen-bond donors (Lipinski definition) is 2. The van der Waals surface area contributed by atoms with E-state index in [-0.39, 0.29) is 19.0 Å².